The normalized spacial score (nSPS) is 8.70. The lowest BCUT2D eigenvalue weighted by molar-refractivity contribution is 1.23. The maximum absolute atomic E-state index is 8.34. The van der Waals surface area contributed by atoms with Gasteiger partial charge < -0.3 is 0 Å². The summed E-state index contributed by atoms with van der Waals surface area (Å²) in [5.41, 5.74) is 2.00. The zero-order valence-corrected chi connectivity index (χ0v) is 5.83. The second-order valence-corrected chi connectivity index (χ2v) is 2.14. The molecule has 1 heterocycles. The number of nitriles is 1. The van der Waals surface area contributed by atoms with Crippen molar-refractivity contribution in [2.45, 2.75) is 6.42 Å². The molecular weight excluding hydrogens is 123 g/mol. The molecule has 0 radical (unpaired) electrons. The molecule has 0 aromatic carbocycles. The predicted molar refractivity (Wildman–Crippen MR) is 41.7 cm³/mol. The molecule has 1 rings (SSSR count). The van der Waals surface area contributed by atoms with Crippen LogP contribution in [0.5, 0.6) is 0 Å². The van der Waals surface area contributed by atoms with Crippen molar-refractivity contribution in [1.29, 1.82) is 5.26 Å². The molecule has 0 atom stereocenters. The van der Waals surface area contributed by atoms with Crippen molar-refractivity contribution in [3.63, 3.8) is 0 Å². The highest BCUT2D eigenvalue weighted by atomic mass is 14.6. The van der Waals surface area contributed by atoms with Crippen molar-refractivity contribution < 1.29 is 0 Å². The lowest BCUT2D eigenvalue weighted by Crippen LogP contribution is -2.07. The van der Waals surface area contributed by atoms with E-state index in [0.29, 0.717) is 6.42 Å². The van der Waals surface area contributed by atoms with Gasteiger partial charge in [-0.2, -0.15) is 5.26 Å². The highest BCUT2D eigenvalue weighted by Crippen LogP contribution is 1.93. The van der Waals surface area contributed by atoms with Crippen LogP contribution in [0.4, 0.5) is 0 Å². The smallest absolute Gasteiger partial charge is 0.163 e. The average Bonchev–Trinajstić information content (AvgIpc) is 1.88. The molecule has 0 amide bonds. The molecule has 0 aliphatic heterocycles. The van der Waals surface area contributed by atoms with Gasteiger partial charge >= 0.3 is 0 Å². The van der Waals surface area contributed by atoms with Gasteiger partial charge in [-0.1, -0.05) is 0 Å². The van der Waals surface area contributed by atoms with Crippen LogP contribution in [0.25, 0.3) is 0 Å². The minimum absolute atomic E-state index is 0.476. The molecule has 0 spiro atoms. The number of pyridine rings is 1. The highest BCUT2D eigenvalue weighted by Gasteiger charge is 1.90. The van der Waals surface area contributed by atoms with Crippen LogP contribution >= 0.6 is 0 Å². The molecule has 1 aromatic heterocycles. The highest BCUT2D eigenvalue weighted by molar-refractivity contribution is 6.30. The van der Waals surface area contributed by atoms with Crippen LogP contribution < -0.4 is 5.59 Å². The van der Waals surface area contributed by atoms with Gasteiger partial charge in [-0.3, -0.25) is 4.98 Å². The van der Waals surface area contributed by atoms with E-state index in [1.54, 1.807) is 6.20 Å². The summed E-state index contributed by atoms with van der Waals surface area (Å²) in [6, 6.07) is 5.86. The van der Waals surface area contributed by atoms with Gasteiger partial charge in [0.2, 0.25) is 0 Å². The standard InChI is InChI=1S/C7H7BN2/c8-7-5-6(1-3-9)2-4-10-7/h2,4-5H,1,8H2. The fourth-order valence-electron chi connectivity index (χ4n) is 0.806. The maximum atomic E-state index is 8.34. The molecule has 0 aliphatic carbocycles. The lowest BCUT2D eigenvalue weighted by Gasteiger charge is -1.93. The zero-order chi connectivity index (χ0) is 7.40. The fraction of sp³-hybridized carbons (Fsp3) is 0.143. The third-order valence-corrected chi connectivity index (χ3v) is 1.24. The summed E-state index contributed by atoms with van der Waals surface area (Å²) >= 11 is 0. The van der Waals surface area contributed by atoms with Gasteiger partial charge in [0.05, 0.1) is 12.5 Å². The Labute approximate surface area is 60.9 Å². The lowest BCUT2D eigenvalue weighted by atomic mass is 10.0. The van der Waals surface area contributed by atoms with Crippen LogP contribution in [-0.2, 0) is 6.42 Å². The summed E-state index contributed by atoms with van der Waals surface area (Å²) in [5, 5.41) is 8.34. The van der Waals surface area contributed by atoms with Crippen molar-refractivity contribution >= 4 is 13.4 Å². The molecule has 0 saturated heterocycles. The third-order valence-electron chi connectivity index (χ3n) is 1.24. The van der Waals surface area contributed by atoms with E-state index < -0.39 is 0 Å². The molecular formula is C7H7BN2. The Balaban J connectivity index is 2.87. The quantitative estimate of drug-likeness (QED) is 0.476. The SMILES string of the molecule is Bc1cc(CC#N)ccn1. The summed E-state index contributed by atoms with van der Waals surface area (Å²) in [4.78, 5) is 4.01. The molecule has 1 aromatic rings. The summed E-state index contributed by atoms with van der Waals surface area (Å²) in [6.45, 7) is 0. The second-order valence-electron chi connectivity index (χ2n) is 2.14. The van der Waals surface area contributed by atoms with Crippen molar-refractivity contribution in [3.05, 3.63) is 23.9 Å². The van der Waals surface area contributed by atoms with Gasteiger partial charge in [-0.25, -0.2) is 0 Å². The van der Waals surface area contributed by atoms with Crippen molar-refractivity contribution in [2.24, 2.45) is 0 Å². The van der Waals surface area contributed by atoms with E-state index in [-0.39, 0.29) is 0 Å². The minimum Gasteiger partial charge on any atom is -0.272 e. The Kier molecular flexibility index (Phi) is 2.06. The Hall–Kier alpha value is -1.30. The molecule has 48 valence electrons. The first-order valence-corrected chi connectivity index (χ1v) is 3.11. The second kappa shape index (κ2) is 3.02. The van der Waals surface area contributed by atoms with Gasteiger partial charge in [0.1, 0.15) is 0 Å². The van der Waals surface area contributed by atoms with Crippen LogP contribution in [0.2, 0.25) is 0 Å². The molecule has 0 bridgehead atoms. The van der Waals surface area contributed by atoms with Crippen LogP contribution in [0.15, 0.2) is 18.3 Å². The van der Waals surface area contributed by atoms with E-state index in [0.717, 1.165) is 11.2 Å². The molecule has 0 unspecified atom stereocenters. The molecule has 0 aliphatic rings. The predicted octanol–water partition coefficient (Wildman–Crippen LogP) is -0.594. The molecule has 0 saturated carbocycles. The van der Waals surface area contributed by atoms with Crippen LogP contribution in [0, 0.1) is 11.3 Å². The molecule has 3 heteroatoms. The van der Waals surface area contributed by atoms with Crippen LogP contribution in [0.1, 0.15) is 5.56 Å². The van der Waals surface area contributed by atoms with E-state index in [1.807, 2.05) is 20.0 Å². The van der Waals surface area contributed by atoms with E-state index in [1.165, 1.54) is 0 Å². The first kappa shape index (κ1) is 6.82. The minimum atomic E-state index is 0.476. The van der Waals surface area contributed by atoms with Crippen molar-refractivity contribution in [2.75, 3.05) is 0 Å². The number of nitrogens with zero attached hydrogens (tertiary/aromatic N) is 2. The Morgan fingerprint density at radius 2 is 2.50 bits per heavy atom. The summed E-state index contributed by atoms with van der Waals surface area (Å²) in [7, 11) is 1.92. The summed E-state index contributed by atoms with van der Waals surface area (Å²) in [5.74, 6) is 0. The topological polar surface area (TPSA) is 36.7 Å². The monoisotopic (exact) mass is 130 g/mol. The van der Waals surface area contributed by atoms with Gasteiger partial charge in [0.25, 0.3) is 0 Å². The number of aromatic nitrogens is 1. The average molecular weight is 130 g/mol. The first-order valence-electron chi connectivity index (χ1n) is 3.11. The largest absolute Gasteiger partial charge is 0.272 e. The van der Waals surface area contributed by atoms with Crippen molar-refractivity contribution in [1.82, 2.24) is 4.98 Å². The maximum Gasteiger partial charge on any atom is 0.163 e. The Morgan fingerprint density at radius 1 is 1.70 bits per heavy atom. The first-order chi connectivity index (χ1) is 4.83. The van der Waals surface area contributed by atoms with Crippen LogP contribution in [-0.4, -0.2) is 12.8 Å². The Bertz CT molecular complexity index is 265. The van der Waals surface area contributed by atoms with Gasteiger partial charge in [-0.05, 0) is 23.3 Å². The van der Waals surface area contributed by atoms with E-state index >= 15 is 0 Å². The molecule has 2 nitrogen and oxygen atoms in total. The zero-order valence-electron chi connectivity index (χ0n) is 5.83. The third kappa shape index (κ3) is 1.59. The molecule has 0 fully saturated rings. The number of rotatable bonds is 1. The fourth-order valence-corrected chi connectivity index (χ4v) is 0.806. The van der Waals surface area contributed by atoms with Crippen molar-refractivity contribution in [3.8, 4) is 6.07 Å². The van der Waals surface area contributed by atoms with E-state index in [2.05, 4.69) is 11.1 Å². The number of hydrogen-bond acceptors (Lipinski definition) is 2. The van der Waals surface area contributed by atoms with Gasteiger partial charge in [0, 0.05) is 6.20 Å². The van der Waals surface area contributed by atoms with Crippen LogP contribution in [0.3, 0.4) is 0 Å². The van der Waals surface area contributed by atoms with E-state index in [9.17, 15) is 0 Å². The van der Waals surface area contributed by atoms with Gasteiger partial charge in [-0.15, -0.1) is 0 Å². The Morgan fingerprint density at radius 3 is 3.10 bits per heavy atom. The molecule has 10 heavy (non-hydrogen) atoms. The molecule has 0 N–H and O–H groups in total. The van der Waals surface area contributed by atoms with E-state index in [4.69, 9.17) is 5.26 Å². The summed E-state index contributed by atoms with van der Waals surface area (Å²) in [6.07, 6.45) is 2.20. The summed E-state index contributed by atoms with van der Waals surface area (Å²) < 4.78 is 0. The number of hydrogen-bond donors (Lipinski definition) is 0. The van der Waals surface area contributed by atoms with Gasteiger partial charge in [0.15, 0.2) is 7.85 Å².